The minimum atomic E-state index is 0. The van der Waals surface area contributed by atoms with E-state index < -0.39 is 0 Å². The standard InChI is InChI=1S/C8H16O2.2ClH.Mg/c1-3-4-5-6-7-10-8-9-2;;;/h4-5H,3,6-8H2,1-2H3;2*1H;/q;;;+2/p-2/b5-4-;;;. The molecule has 0 spiro atoms. The molecular weight excluding hydrogens is 223 g/mol. The molecule has 0 aliphatic carbocycles. The van der Waals surface area contributed by atoms with Gasteiger partial charge in [-0.2, -0.15) is 0 Å². The Morgan fingerprint density at radius 3 is 2.23 bits per heavy atom. The Balaban J connectivity index is -0.000000135. The number of rotatable bonds is 6. The average Bonchev–Trinajstić information content (AvgIpc) is 1.97. The molecule has 5 heteroatoms. The van der Waals surface area contributed by atoms with Gasteiger partial charge in [0.2, 0.25) is 0 Å². The fraction of sp³-hybridized carbons (Fsp3) is 0.750. The molecule has 0 radical (unpaired) electrons. The van der Waals surface area contributed by atoms with E-state index in [1.165, 1.54) is 0 Å². The van der Waals surface area contributed by atoms with E-state index in [0.29, 0.717) is 6.79 Å². The number of halogens is 2. The van der Waals surface area contributed by atoms with Crippen LogP contribution in [-0.2, 0) is 9.47 Å². The summed E-state index contributed by atoms with van der Waals surface area (Å²) in [6, 6.07) is 0. The van der Waals surface area contributed by atoms with Gasteiger partial charge in [0.1, 0.15) is 6.79 Å². The van der Waals surface area contributed by atoms with Crippen molar-refractivity contribution in [1.29, 1.82) is 0 Å². The van der Waals surface area contributed by atoms with Crippen molar-refractivity contribution >= 4 is 23.1 Å². The molecule has 0 bridgehead atoms. The molecule has 0 atom stereocenters. The molecule has 0 amide bonds. The summed E-state index contributed by atoms with van der Waals surface area (Å²) < 4.78 is 9.76. The first-order valence-electron chi connectivity index (χ1n) is 3.63. The normalized spacial score (nSPS) is 8.46. The summed E-state index contributed by atoms with van der Waals surface area (Å²) in [7, 11) is 1.63. The van der Waals surface area contributed by atoms with Crippen LogP contribution >= 0.6 is 0 Å². The van der Waals surface area contributed by atoms with Gasteiger partial charge in [-0.15, -0.1) is 0 Å². The molecule has 0 N–H and O–H groups in total. The van der Waals surface area contributed by atoms with Crippen LogP contribution < -0.4 is 24.8 Å². The fourth-order valence-corrected chi connectivity index (χ4v) is 0.578. The number of hydrogen-bond donors (Lipinski definition) is 0. The molecule has 0 aliphatic rings. The van der Waals surface area contributed by atoms with E-state index in [9.17, 15) is 0 Å². The molecule has 0 unspecified atom stereocenters. The Morgan fingerprint density at radius 1 is 1.15 bits per heavy atom. The maximum atomic E-state index is 5.06. The van der Waals surface area contributed by atoms with E-state index in [0.717, 1.165) is 19.4 Å². The van der Waals surface area contributed by atoms with Crippen molar-refractivity contribution in [2.45, 2.75) is 19.8 Å². The molecule has 13 heavy (non-hydrogen) atoms. The Hall–Kier alpha value is 1.01. The van der Waals surface area contributed by atoms with Gasteiger partial charge in [-0.3, -0.25) is 0 Å². The minimum absolute atomic E-state index is 0. The van der Waals surface area contributed by atoms with Crippen LogP contribution in [0.3, 0.4) is 0 Å². The second-order valence-electron chi connectivity index (χ2n) is 1.98. The molecule has 0 aromatic carbocycles. The SMILES string of the molecule is CC/C=C\CCOCOC.[Cl-].[Cl-].[Mg+2]. The molecule has 0 saturated carbocycles. The second-order valence-corrected chi connectivity index (χ2v) is 1.98. The third-order valence-corrected chi connectivity index (χ3v) is 1.03. The summed E-state index contributed by atoms with van der Waals surface area (Å²) in [5, 5.41) is 0. The second kappa shape index (κ2) is 23.1. The van der Waals surface area contributed by atoms with E-state index in [4.69, 9.17) is 9.47 Å². The molecule has 0 saturated heterocycles. The van der Waals surface area contributed by atoms with E-state index in [1.807, 2.05) is 0 Å². The zero-order chi connectivity index (χ0) is 7.66. The van der Waals surface area contributed by atoms with E-state index in [2.05, 4.69) is 19.1 Å². The molecular formula is C8H16Cl2MgO2. The van der Waals surface area contributed by atoms with Crippen molar-refractivity contribution in [2.24, 2.45) is 0 Å². The molecule has 2 nitrogen and oxygen atoms in total. The van der Waals surface area contributed by atoms with Gasteiger partial charge in [0.15, 0.2) is 0 Å². The van der Waals surface area contributed by atoms with Gasteiger partial charge in [0.05, 0.1) is 6.61 Å². The fourth-order valence-electron chi connectivity index (χ4n) is 0.578. The molecule has 0 aromatic rings. The van der Waals surface area contributed by atoms with Crippen LogP contribution in [0.25, 0.3) is 0 Å². The topological polar surface area (TPSA) is 18.5 Å². The third kappa shape index (κ3) is 24.6. The van der Waals surface area contributed by atoms with Crippen molar-refractivity contribution in [1.82, 2.24) is 0 Å². The number of hydrogen-bond acceptors (Lipinski definition) is 2. The third-order valence-electron chi connectivity index (χ3n) is 1.03. The van der Waals surface area contributed by atoms with E-state index in [1.54, 1.807) is 7.11 Å². The molecule has 76 valence electrons. The first-order valence-corrected chi connectivity index (χ1v) is 3.63. The van der Waals surface area contributed by atoms with Crippen molar-refractivity contribution in [3.05, 3.63) is 12.2 Å². The molecule has 0 rings (SSSR count). The van der Waals surface area contributed by atoms with E-state index >= 15 is 0 Å². The first-order chi connectivity index (χ1) is 4.91. The van der Waals surface area contributed by atoms with Gasteiger partial charge in [0.25, 0.3) is 0 Å². The van der Waals surface area contributed by atoms with Gasteiger partial charge in [0, 0.05) is 7.11 Å². The summed E-state index contributed by atoms with van der Waals surface area (Å²) in [5.41, 5.74) is 0. The largest absolute Gasteiger partial charge is 2.00 e. The average molecular weight is 239 g/mol. The van der Waals surface area contributed by atoms with Gasteiger partial charge < -0.3 is 34.3 Å². The van der Waals surface area contributed by atoms with Crippen molar-refractivity contribution in [2.75, 3.05) is 20.5 Å². The minimum Gasteiger partial charge on any atom is -1.00 e. The summed E-state index contributed by atoms with van der Waals surface area (Å²) in [6.45, 7) is 3.27. The molecule has 0 aliphatic heterocycles. The first kappa shape index (κ1) is 23.7. The molecule has 0 fully saturated rings. The number of ether oxygens (including phenoxy) is 2. The summed E-state index contributed by atoms with van der Waals surface area (Å²) in [4.78, 5) is 0. The van der Waals surface area contributed by atoms with Crippen LogP contribution in [0, 0.1) is 0 Å². The van der Waals surface area contributed by atoms with Crippen LogP contribution in [0.5, 0.6) is 0 Å². The van der Waals surface area contributed by atoms with Gasteiger partial charge >= 0.3 is 23.1 Å². The predicted octanol–water partition coefficient (Wildman–Crippen LogP) is -4.41. The molecule has 0 aromatic heterocycles. The van der Waals surface area contributed by atoms with Crippen LogP contribution in [0.2, 0.25) is 0 Å². The van der Waals surface area contributed by atoms with Crippen LogP contribution in [0.15, 0.2) is 12.2 Å². The Bertz CT molecular complexity index is 92.2. The molecule has 0 heterocycles. The smallest absolute Gasteiger partial charge is 1.00 e. The summed E-state index contributed by atoms with van der Waals surface area (Å²) in [6.07, 6.45) is 6.34. The van der Waals surface area contributed by atoms with Crippen LogP contribution in [0.4, 0.5) is 0 Å². The Morgan fingerprint density at radius 2 is 1.77 bits per heavy atom. The van der Waals surface area contributed by atoms with Crippen molar-refractivity contribution < 1.29 is 34.3 Å². The van der Waals surface area contributed by atoms with Crippen molar-refractivity contribution in [3.63, 3.8) is 0 Å². The van der Waals surface area contributed by atoms with Crippen molar-refractivity contribution in [3.8, 4) is 0 Å². The number of allylic oxidation sites excluding steroid dienone is 1. The Labute approximate surface area is 109 Å². The zero-order valence-corrected chi connectivity index (χ0v) is 11.2. The summed E-state index contributed by atoms with van der Waals surface area (Å²) in [5.74, 6) is 0. The maximum Gasteiger partial charge on any atom is 2.00 e. The van der Waals surface area contributed by atoms with Crippen LogP contribution in [0.1, 0.15) is 19.8 Å². The Kier molecular flexibility index (Phi) is 42.1. The number of methoxy groups -OCH3 is 1. The monoisotopic (exact) mass is 238 g/mol. The van der Waals surface area contributed by atoms with E-state index in [-0.39, 0.29) is 47.9 Å². The maximum absolute atomic E-state index is 5.06. The predicted molar refractivity (Wildman–Crippen MR) is 47.6 cm³/mol. The van der Waals surface area contributed by atoms with Gasteiger partial charge in [-0.05, 0) is 12.8 Å². The quantitative estimate of drug-likeness (QED) is 0.202. The van der Waals surface area contributed by atoms with Gasteiger partial charge in [-0.1, -0.05) is 19.1 Å². The van der Waals surface area contributed by atoms with Crippen LogP contribution in [-0.4, -0.2) is 43.6 Å². The van der Waals surface area contributed by atoms with Gasteiger partial charge in [-0.25, -0.2) is 0 Å². The zero-order valence-electron chi connectivity index (χ0n) is 8.26. The summed E-state index contributed by atoms with van der Waals surface area (Å²) >= 11 is 0.